The molecule has 0 unspecified atom stereocenters. The number of benzene rings is 2. The van der Waals surface area contributed by atoms with Gasteiger partial charge >= 0.3 is 5.95 Å². The fourth-order valence-electron chi connectivity index (χ4n) is 2.90. The second-order valence-corrected chi connectivity index (χ2v) is 7.06. The second-order valence-electron chi connectivity index (χ2n) is 7.06. The first-order valence-electron chi connectivity index (χ1n) is 9.69. The summed E-state index contributed by atoms with van der Waals surface area (Å²) >= 11 is 0. The Morgan fingerprint density at radius 1 is 1.00 bits per heavy atom. The normalized spacial score (nSPS) is 10.6. The van der Waals surface area contributed by atoms with Crippen LogP contribution in [0.3, 0.4) is 0 Å². The van der Waals surface area contributed by atoms with Crippen LogP contribution in [0.5, 0.6) is 11.5 Å². The van der Waals surface area contributed by atoms with E-state index in [9.17, 15) is 25.0 Å². The summed E-state index contributed by atoms with van der Waals surface area (Å²) in [6, 6.07) is 12.4. The van der Waals surface area contributed by atoms with Crippen molar-refractivity contribution >= 4 is 23.2 Å². The van der Waals surface area contributed by atoms with Gasteiger partial charge < -0.3 is 20.2 Å². The Morgan fingerprint density at radius 3 is 2.44 bits per heavy atom. The lowest BCUT2D eigenvalue weighted by Gasteiger charge is -2.09. The molecule has 0 saturated heterocycles. The Hall–Kier alpha value is -5.14. The molecule has 2 aromatic carbocycles. The maximum absolute atomic E-state index is 12.6. The zero-order valence-corrected chi connectivity index (χ0v) is 17.6. The first-order valence-corrected chi connectivity index (χ1v) is 9.69. The van der Waals surface area contributed by atoms with E-state index in [2.05, 4.69) is 20.5 Å². The number of carbonyl (C=O) groups is 1. The summed E-state index contributed by atoms with van der Waals surface area (Å²) in [5.74, 6) is -0.522. The van der Waals surface area contributed by atoms with Gasteiger partial charge in [-0.05, 0) is 30.0 Å². The SMILES string of the molecule is Cc1ccc(Oc2cc(NC(=O)c3ccn(Cn4cnc([N+](=O)[O-])n4)n3)cc([N+](=O)[O-])c2)cc1. The number of nitrogens with one attached hydrogen (secondary N) is 1. The highest BCUT2D eigenvalue weighted by atomic mass is 16.6. The van der Waals surface area contributed by atoms with Gasteiger partial charge in [0, 0.05) is 23.4 Å². The van der Waals surface area contributed by atoms with Gasteiger partial charge in [0.2, 0.25) is 6.33 Å². The van der Waals surface area contributed by atoms with E-state index in [0.717, 1.165) is 11.9 Å². The summed E-state index contributed by atoms with van der Waals surface area (Å²) in [7, 11) is 0. The third-order valence-electron chi connectivity index (χ3n) is 4.47. The van der Waals surface area contributed by atoms with Crippen molar-refractivity contribution in [3.05, 3.63) is 92.5 Å². The molecule has 1 amide bonds. The lowest BCUT2D eigenvalue weighted by atomic mass is 10.2. The van der Waals surface area contributed by atoms with Crippen molar-refractivity contribution in [2.45, 2.75) is 13.6 Å². The molecule has 2 heterocycles. The second kappa shape index (κ2) is 9.15. The van der Waals surface area contributed by atoms with E-state index in [4.69, 9.17) is 4.74 Å². The van der Waals surface area contributed by atoms with Crippen LogP contribution in [0.1, 0.15) is 16.1 Å². The molecule has 14 heteroatoms. The van der Waals surface area contributed by atoms with E-state index in [1.807, 2.05) is 19.1 Å². The molecule has 0 aliphatic rings. The van der Waals surface area contributed by atoms with Crippen LogP contribution in [0, 0.1) is 27.2 Å². The van der Waals surface area contributed by atoms with Crippen LogP contribution in [-0.2, 0) is 6.67 Å². The number of nitrogens with zero attached hydrogens (tertiary/aromatic N) is 7. The topological polar surface area (TPSA) is 173 Å². The Morgan fingerprint density at radius 2 is 1.76 bits per heavy atom. The Labute approximate surface area is 190 Å². The van der Waals surface area contributed by atoms with Gasteiger partial charge in [0.15, 0.2) is 12.4 Å². The summed E-state index contributed by atoms with van der Waals surface area (Å²) in [4.78, 5) is 36.9. The van der Waals surface area contributed by atoms with Crippen molar-refractivity contribution in [1.29, 1.82) is 0 Å². The largest absolute Gasteiger partial charge is 0.491 e. The average Bonchev–Trinajstić information content (AvgIpc) is 3.45. The first-order chi connectivity index (χ1) is 16.3. The molecule has 1 N–H and O–H groups in total. The summed E-state index contributed by atoms with van der Waals surface area (Å²) < 4.78 is 8.21. The van der Waals surface area contributed by atoms with E-state index in [-0.39, 0.29) is 29.5 Å². The van der Waals surface area contributed by atoms with E-state index in [0.29, 0.717) is 5.75 Å². The number of amides is 1. The van der Waals surface area contributed by atoms with Crippen molar-refractivity contribution in [2.24, 2.45) is 0 Å². The Balaban J connectivity index is 1.49. The molecule has 0 fully saturated rings. The smallest absolute Gasteiger partial charge is 0.457 e. The molecular weight excluding hydrogens is 448 g/mol. The fourth-order valence-corrected chi connectivity index (χ4v) is 2.90. The highest BCUT2D eigenvalue weighted by Gasteiger charge is 2.17. The minimum Gasteiger partial charge on any atom is -0.457 e. The molecule has 34 heavy (non-hydrogen) atoms. The van der Waals surface area contributed by atoms with Crippen molar-refractivity contribution < 1.29 is 19.4 Å². The van der Waals surface area contributed by atoms with Gasteiger partial charge in [0.1, 0.15) is 11.5 Å². The van der Waals surface area contributed by atoms with E-state index >= 15 is 0 Å². The fraction of sp³-hybridized carbons (Fsp3) is 0.100. The minimum absolute atomic E-state index is 0.0144. The van der Waals surface area contributed by atoms with Crippen LogP contribution in [0.2, 0.25) is 0 Å². The number of aryl methyl sites for hydroxylation is 1. The molecule has 0 radical (unpaired) electrons. The predicted molar refractivity (Wildman–Crippen MR) is 117 cm³/mol. The molecular formula is C20H16N8O6. The van der Waals surface area contributed by atoms with Crippen molar-refractivity contribution in [3.8, 4) is 11.5 Å². The third-order valence-corrected chi connectivity index (χ3v) is 4.47. The molecule has 0 saturated carbocycles. The summed E-state index contributed by atoms with van der Waals surface area (Å²) in [6.07, 6.45) is 2.64. The molecule has 4 rings (SSSR count). The summed E-state index contributed by atoms with van der Waals surface area (Å²) in [5, 5.41) is 32.3. The molecule has 172 valence electrons. The Bertz CT molecular complexity index is 1380. The number of hydrogen-bond donors (Lipinski definition) is 1. The molecule has 0 spiro atoms. The number of hydrogen-bond acceptors (Lipinski definition) is 9. The van der Waals surface area contributed by atoms with Gasteiger partial charge in [-0.3, -0.25) is 14.9 Å². The summed E-state index contributed by atoms with van der Waals surface area (Å²) in [5.41, 5.74) is 0.920. The number of nitro benzene ring substituents is 1. The van der Waals surface area contributed by atoms with Gasteiger partial charge in [-0.2, -0.15) is 9.78 Å². The lowest BCUT2D eigenvalue weighted by Crippen LogP contribution is -2.15. The molecule has 0 bridgehead atoms. The highest BCUT2D eigenvalue weighted by Crippen LogP contribution is 2.30. The van der Waals surface area contributed by atoms with Gasteiger partial charge in [0.25, 0.3) is 11.6 Å². The lowest BCUT2D eigenvalue weighted by molar-refractivity contribution is -0.394. The van der Waals surface area contributed by atoms with Crippen LogP contribution in [-0.4, -0.2) is 40.3 Å². The molecule has 2 aromatic heterocycles. The van der Waals surface area contributed by atoms with Crippen LogP contribution in [0.4, 0.5) is 17.3 Å². The van der Waals surface area contributed by atoms with Crippen LogP contribution in [0.15, 0.2) is 61.1 Å². The number of anilines is 1. The van der Waals surface area contributed by atoms with Crippen LogP contribution in [0.25, 0.3) is 0 Å². The summed E-state index contributed by atoms with van der Waals surface area (Å²) in [6.45, 7) is 1.90. The van der Waals surface area contributed by atoms with E-state index in [1.54, 1.807) is 12.1 Å². The van der Waals surface area contributed by atoms with Crippen molar-refractivity contribution in [2.75, 3.05) is 5.32 Å². The van der Waals surface area contributed by atoms with E-state index in [1.165, 1.54) is 39.8 Å². The number of nitro groups is 2. The quantitative estimate of drug-likeness (QED) is 0.303. The highest BCUT2D eigenvalue weighted by molar-refractivity contribution is 6.03. The predicted octanol–water partition coefficient (Wildman–Crippen LogP) is 3.15. The maximum Gasteiger partial charge on any atom is 0.491 e. The number of carbonyl (C=O) groups excluding carboxylic acids is 1. The molecule has 0 aliphatic carbocycles. The molecule has 4 aromatic rings. The molecule has 0 aliphatic heterocycles. The van der Waals surface area contributed by atoms with Gasteiger partial charge in [-0.1, -0.05) is 22.7 Å². The van der Waals surface area contributed by atoms with Gasteiger partial charge in [-0.25, -0.2) is 4.68 Å². The van der Waals surface area contributed by atoms with Crippen LogP contribution < -0.4 is 10.1 Å². The monoisotopic (exact) mass is 464 g/mol. The van der Waals surface area contributed by atoms with Gasteiger partial charge in [0.05, 0.1) is 16.7 Å². The van der Waals surface area contributed by atoms with Crippen molar-refractivity contribution in [3.63, 3.8) is 0 Å². The van der Waals surface area contributed by atoms with Crippen molar-refractivity contribution in [1.82, 2.24) is 24.5 Å². The molecule has 14 nitrogen and oxygen atoms in total. The number of non-ortho nitro benzene ring substituents is 1. The number of ether oxygens (including phenoxy) is 1. The van der Waals surface area contributed by atoms with Crippen LogP contribution >= 0.6 is 0 Å². The number of rotatable bonds is 8. The van der Waals surface area contributed by atoms with Gasteiger partial charge in [-0.15, -0.1) is 0 Å². The zero-order valence-electron chi connectivity index (χ0n) is 17.6. The minimum atomic E-state index is -0.728. The molecule has 0 atom stereocenters. The Kier molecular flexibility index (Phi) is 5.94. The zero-order chi connectivity index (χ0) is 24.2. The standard InChI is InChI=1S/C20H16N8O6/c1-13-2-4-16(5-3-13)34-17-9-14(8-15(10-17)27(30)31)22-19(29)18-6-7-25(23-18)12-26-11-21-20(24-26)28(32)33/h2-11H,12H2,1H3,(H,22,29). The average molecular weight is 464 g/mol. The first kappa shape index (κ1) is 22.1. The number of aromatic nitrogens is 5. The third kappa shape index (κ3) is 5.18. The maximum atomic E-state index is 12.6. The van der Waals surface area contributed by atoms with E-state index < -0.39 is 21.7 Å².